The van der Waals surface area contributed by atoms with Gasteiger partial charge in [0.15, 0.2) is 8.32 Å². The van der Waals surface area contributed by atoms with E-state index in [1.165, 1.54) is 0 Å². The van der Waals surface area contributed by atoms with Gasteiger partial charge >= 0.3 is 5.97 Å². The highest BCUT2D eigenvalue weighted by Crippen LogP contribution is 2.42. The van der Waals surface area contributed by atoms with Gasteiger partial charge in [-0.2, -0.15) is 0 Å². The van der Waals surface area contributed by atoms with Crippen LogP contribution in [0.1, 0.15) is 44.4 Å². The molecule has 2 atom stereocenters. The maximum absolute atomic E-state index is 12.6. The summed E-state index contributed by atoms with van der Waals surface area (Å²) < 4.78 is 12.3. The average molecular weight is 445 g/mol. The zero-order valence-corrected chi connectivity index (χ0v) is 20.4. The minimum absolute atomic E-state index is 0.0311. The monoisotopic (exact) mass is 444 g/mol. The molecule has 2 aromatic carbocycles. The first-order valence-electron chi connectivity index (χ1n) is 10.3. The van der Waals surface area contributed by atoms with E-state index in [4.69, 9.17) is 20.8 Å². The molecule has 162 valence electrons. The molecule has 0 aliphatic heterocycles. The van der Waals surface area contributed by atoms with Gasteiger partial charge in [0, 0.05) is 10.9 Å². The molecule has 30 heavy (non-hydrogen) atoms. The van der Waals surface area contributed by atoms with Gasteiger partial charge in [-0.25, -0.2) is 0 Å². The molecule has 0 spiro atoms. The first-order chi connectivity index (χ1) is 14.0. The molecule has 5 heteroatoms. The van der Waals surface area contributed by atoms with Crippen LogP contribution in [0, 0.1) is 5.92 Å². The third-order valence-electron chi connectivity index (χ3n) is 5.74. The molecule has 0 fully saturated rings. The summed E-state index contributed by atoms with van der Waals surface area (Å²) in [6.07, 6.45) is 1.68. The van der Waals surface area contributed by atoms with E-state index in [2.05, 4.69) is 40.4 Å². The Kier molecular flexibility index (Phi) is 8.48. The van der Waals surface area contributed by atoms with E-state index in [1.54, 1.807) is 6.08 Å². The van der Waals surface area contributed by atoms with Crippen LogP contribution in [0.5, 0.6) is 0 Å². The standard InChI is InChI=1S/C25H33ClO3Si/c1-7-20(17-23(27)28-18-19-12-9-8-10-13-19)24(21-14-11-15-22(26)16-21)29-30(5,6)25(2,3)4/h7-16,20,24H,1,17-18H2,2-6H3/t20-,24-/m0/s1. The molecule has 0 bridgehead atoms. The first-order valence-corrected chi connectivity index (χ1v) is 13.6. The smallest absolute Gasteiger partial charge is 0.306 e. The summed E-state index contributed by atoms with van der Waals surface area (Å²) in [6.45, 7) is 15.3. The van der Waals surface area contributed by atoms with Gasteiger partial charge < -0.3 is 9.16 Å². The molecule has 0 radical (unpaired) electrons. The second-order valence-electron chi connectivity index (χ2n) is 9.10. The number of hydrogen-bond acceptors (Lipinski definition) is 3. The largest absolute Gasteiger partial charge is 0.461 e. The Balaban J connectivity index is 2.21. The number of esters is 1. The van der Waals surface area contributed by atoms with Gasteiger partial charge in [0.1, 0.15) is 6.61 Å². The molecule has 0 aliphatic carbocycles. The summed E-state index contributed by atoms with van der Waals surface area (Å²) in [4.78, 5) is 12.6. The lowest BCUT2D eigenvalue weighted by molar-refractivity contribution is -0.146. The number of benzene rings is 2. The van der Waals surface area contributed by atoms with Crippen LogP contribution in [0.2, 0.25) is 23.2 Å². The molecule has 0 saturated heterocycles. The van der Waals surface area contributed by atoms with Crippen molar-refractivity contribution in [1.29, 1.82) is 0 Å². The van der Waals surface area contributed by atoms with Crippen molar-refractivity contribution in [2.75, 3.05) is 0 Å². The van der Waals surface area contributed by atoms with Crippen LogP contribution in [0.3, 0.4) is 0 Å². The Labute approximate surface area is 187 Å². The first kappa shape index (κ1) is 24.4. The van der Waals surface area contributed by atoms with E-state index in [0.29, 0.717) is 5.02 Å². The highest BCUT2D eigenvalue weighted by atomic mass is 35.5. The maximum Gasteiger partial charge on any atom is 0.306 e. The summed E-state index contributed by atoms with van der Waals surface area (Å²) in [6, 6.07) is 17.3. The molecule has 0 aliphatic rings. The van der Waals surface area contributed by atoms with Crippen molar-refractivity contribution in [3.63, 3.8) is 0 Å². The summed E-state index contributed by atoms with van der Waals surface area (Å²) >= 11 is 6.26. The van der Waals surface area contributed by atoms with Crippen LogP contribution in [0.25, 0.3) is 0 Å². The van der Waals surface area contributed by atoms with Crippen molar-refractivity contribution >= 4 is 25.9 Å². The molecule has 2 aromatic rings. The minimum atomic E-state index is -2.11. The Morgan fingerprint density at radius 2 is 1.80 bits per heavy atom. The molecule has 0 aromatic heterocycles. The fourth-order valence-electron chi connectivity index (χ4n) is 2.88. The van der Waals surface area contributed by atoms with Crippen molar-refractivity contribution in [2.45, 2.75) is 58.0 Å². The highest BCUT2D eigenvalue weighted by molar-refractivity contribution is 6.74. The fourth-order valence-corrected chi connectivity index (χ4v) is 4.38. The van der Waals surface area contributed by atoms with Gasteiger partial charge in [0.25, 0.3) is 0 Å². The van der Waals surface area contributed by atoms with Crippen LogP contribution in [-0.4, -0.2) is 14.3 Å². The summed E-state index contributed by atoms with van der Waals surface area (Å²) in [5, 5.41) is 0.675. The lowest BCUT2D eigenvalue weighted by Gasteiger charge is -2.41. The second-order valence-corrected chi connectivity index (χ2v) is 14.3. The molecule has 0 amide bonds. The number of hydrogen-bond donors (Lipinski definition) is 0. The Bertz CT molecular complexity index is 843. The van der Waals surface area contributed by atoms with E-state index in [-0.39, 0.29) is 36.1 Å². The van der Waals surface area contributed by atoms with E-state index >= 15 is 0 Å². The lowest BCUT2D eigenvalue weighted by Crippen LogP contribution is -2.43. The number of halogens is 1. The minimum Gasteiger partial charge on any atom is -0.461 e. The topological polar surface area (TPSA) is 35.5 Å². The van der Waals surface area contributed by atoms with Gasteiger partial charge in [-0.3, -0.25) is 4.79 Å². The Morgan fingerprint density at radius 1 is 1.13 bits per heavy atom. The molecule has 3 nitrogen and oxygen atoms in total. The molecule has 2 rings (SSSR count). The van der Waals surface area contributed by atoms with Crippen molar-refractivity contribution < 1.29 is 14.0 Å². The van der Waals surface area contributed by atoms with Crippen LogP contribution in [0.4, 0.5) is 0 Å². The number of carbonyl (C=O) groups excluding carboxylic acids is 1. The second kappa shape index (κ2) is 10.4. The van der Waals surface area contributed by atoms with Gasteiger partial charge in [-0.15, -0.1) is 6.58 Å². The number of rotatable bonds is 9. The lowest BCUT2D eigenvalue weighted by atomic mass is 9.93. The van der Waals surface area contributed by atoms with Crippen molar-refractivity contribution in [2.24, 2.45) is 5.92 Å². The predicted molar refractivity (Wildman–Crippen MR) is 127 cm³/mol. The van der Waals surface area contributed by atoms with Crippen LogP contribution in [0.15, 0.2) is 67.3 Å². The predicted octanol–water partition coefficient (Wildman–Crippen LogP) is 7.34. The third kappa shape index (κ3) is 6.83. The van der Waals surface area contributed by atoms with E-state index in [1.807, 2.05) is 54.6 Å². The van der Waals surface area contributed by atoms with E-state index in [9.17, 15) is 4.79 Å². The molecule has 0 heterocycles. The SMILES string of the molecule is C=C[C@@H](CC(=O)OCc1ccccc1)[C@H](O[Si](C)(C)C(C)(C)C)c1cccc(Cl)c1. The van der Waals surface area contributed by atoms with Crippen LogP contribution < -0.4 is 0 Å². The van der Waals surface area contributed by atoms with Crippen molar-refractivity contribution in [3.8, 4) is 0 Å². The van der Waals surface area contributed by atoms with Crippen molar-refractivity contribution in [3.05, 3.63) is 83.4 Å². The number of carbonyl (C=O) groups is 1. The third-order valence-corrected chi connectivity index (χ3v) is 10.4. The fraction of sp³-hybridized carbons (Fsp3) is 0.400. The quantitative estimate of drug-likeness (QED) is 0.230. The summed E-state index contributed by atoms with van der Waals surface area (Å²) in [5.41, 5.74) is 1.91. The zero-order valence-electron chi connectivity index (χ0n) is 18.7. The highest BCUT2D eigenvalue weighted by Gasteiger charge is 2.41. The summed E-state index contributed by atoms with van der Waals surface area (Å²) in [5.74, 6) is -0.490. The van der Waals surface area contributed by atoms with Crippen LogP contribution in [-0.2, 0) is 20.6 Å². The van der Waals surface area contributed by atoms with Crippen LogP contribution >= 0.6 is 11.6 Å². The van der Waals surface area contributed by atoms with E-state index < -0.39 is 8.32 Å². The Hall–Kier alpha value is -1.88. The molecule has 0 N–H and O–H groups in total. The van der Waals surface area contributed by atoms with Gasteiger partial charge in [0.2, 0.25) is 0 Å². The molecule has 0 saturated carbocycles. The van der Waals surface area contributed by atoms with Gasteiger partial charge in [-0.05, 0) is 41.4 Å². The normalized spacial score (nSPS) is 14.1. The van der Waals surface area contributed by atoms with Gasteiger partial charge in [-0.1, -0.05) is 80.9 Å². The molecular formula is C25H33ClO3Si. The van der Waals surface area contributed by atoms with Gasteiger partial charge in [0.05, 0.1) is 12.5 Å². The molecular weight excluding hydrogens is 412 g/mol. The Morgan fingerprint density at radius 3 is 2.37 bits per heavy atom. The zero-order chi connectivity index (χ0) is 22.4. The van der Waals surface area contributed by atoms with Crippen molar-refractivity contribution in [1.82, 2.24) is 0 Å². The average Bonchev–Trinajstić information content (AvgIpc) is 2.69. The van der Waals surface area contributed by atoms with E-state index in [0.717, 1.165) is 11.1 Å². The number of ether oxygens (including phenoxy) is 1. The summed E-state index contributed by atoms with van der Waals surface area (Å²) in [7, 11) is -2.11. The maximum atomic E-state index is 12.6. The molecule has 0 unspecified atom stereocenters.